The molecular formula is C97H105N9O16S2+2. The first-order valence-electron chi connectivity index (χ1n) is 41.1. The second-order valence-corrected chi connectivity index (χ2v) is 35.7. The van der Waals surface area contributed by atoms with Gasteiger partial charge in [0.05, 0.1) is 42.8 Å². The molecule has 5 heterocycles. The lowest BCUT2D eigenvalue weighted by atomic mass is 9.81. The number of amides is 2. The third-order valence-electron chi connectivity index (χ3n) is 22.7. The minimum atomic E-state index is -4.44. The highest BCUT2D eigenvalue weighted by molar-refractivity contribution is 7.86. The molecule has 0 saturated carbocycles. The number of allylic oxidation sites excluding steroid dienone is 13. The maximum absolute atomic E-state index is 12.3. The summed E-state index contributed by atoms with van der Waals surface area (Å²) in [6.07, 6.45) is 29.9. The van der Waals surface area contributed by atoms with Gasteiger partial charge in [-0.25, -0.2) is 4.79 Å². The Labute approximate surface area is 724 Å². The van der Waals surface area contributed by atoms with E-state index in [9.17, 15) is 65.3 Å². The molecule has 5 aliphatic heterocycles. The van der Waals surface area contributed by atoms with Crippen LogP contribution in [0.25, 0.3) is 0 Å². The highest BCUT2D eigenvalue weighted by atomic mass is 32.2. The zero-order valence-electron chi connectivity index (χ0n) is 71.3. The fraction of sp³-hybridized carbons (Fsp3) is 0.289. The lowest BCUT2D eigenvalue weighted by Crippen LogP contribution is -2.32. The van der Waals surface area contributed by atoms with E-state index in [1.54, 1.807) is 48.7 Å². The summed E-state index contributed by atoms with van der Waals surface area (Å²) in [5, 5.41) is 26.2. The molecule has 0 aliphatic carbocycles. The summed E-state index contributed by atoms with van der Waals surface area (Å²) < 4.78 is 77.1. The first kappa shape index (κ1) is 91.8. The minimum Gasteiger partial charge on any atom is -0.468 e. The van der Waals surface area contributed by atoms with Gasteiger partial charge in [-0.05, 0) is 200 Å². The second-order valence-electron chi connectivity index (χ2n) is 32.9. The largest absolute Gasteiger partial charge is 0.468 e. The number of unbranched alkanes of at least 4 members (excludes halogenated alkanes) is 4. The maximum atomic E-state index is 12.3. The van der Waals surface area contributed by atoms with Gasteiger partial charge in [-0.3, -0.25) is 48.7 Å². The molecule has 27 heteroatoms. The molecule has 0 unspecified atom stereocenters. The average Bonchev–Trinajstić information content (AvgIpc) is 1.60. The number of hydroxylamine groups is 2. The number of nitrogens with zero attached hydrogens (tertiary/aromatic N) is 8. The Hall–Kier alpha value is -13.0. The summed E-state index contributed by atoms with van der Waals surface area (Å²) in [6.45, 7) is 24.1. The van der Waals surface area contributed by atoms with Crippen LogP contribution in [0.5, 0.6) is 0 Å². The predicted molar refractivity (Wildman–Crippen MR) is 483 cm³/mol. The lowest BCUT2D eigenvalue weighted by molar-refractivity contribution is -0.455. The highest BCUT2D eigenvalue weighted by Crippen LogP contribution is 2.51. The molecular weight excluding hydrogens is 1610 g/mol. The number of para-hydroxylation sites is 2. The number of carbonyl (C=O) groups excluding carboxylic acids is 4. The molecule has 8 aromatic rings. The van der Waals surface area contributed by atoms with Gasteiger partial charge < -0.3 is 24.7 Å². The van der Waals surface area contributed by atoms with E-state index < -0.39 is 58.7 Å². The standard InChI is InChI=1S/C43H46N4O9S.C39H43N3O7S.C15H14N2/c1-29-15-21-36-33(26-29)42(2,3)38(45(36)28-30-16-18-31(19-17-30)47(51)52)13-9-6-8-12-37-43(4,5)34-27-32(57(53,54)55)20-22-35(34)44(37)25-11-7-10-14-41(50)56-46-39(48)23-24-40(46)49;1-28-14-20-35-32(24-28)38(2,3)37(41(35)26-29-15-17-30(18-16-29)42(44)45)13-9-6-8-12-36-39(4,5)33-25-31(50(46,47)48)19-21-34(33)40(36)22-10-7-11-23-49-27-43;1-3-8-14(9-4-1)16-12-7-13-17-15-10-5-2-6-11-15/h6,8-9,12-13,15-22,26-27H,7,10-11,14,23-25,28H2,1-5H3;6,8-9,12-21,24-25,27H,7,10-11,22-23,26H2,1-5H3;1-13,16H/p+2/b;;12-7+,17-13?. The van der Waals surface area contributed by atoms with Crippen LogP contribution >= 0.6 is 0 Å². The molecule has 3 N–H and O–H groups in total. The van der Waals surface area contributed by atoms with Gasteiger partial charge in [0.2, 0.25) is 11.4 Å². The number of aryl methyl sites for hydroxylation is 2. The third-order valence-corrected chi connectivity index (χ3v) is 24.4. The number of aliphatic imine (C=N–C) groups is 1. The van der Waals surface area contributed by atoms with Gasteiger partial charge in [-0.2, -0.15) is 26.0 Å². The molecule has 25 nitrogen and oxygen atoms in total. The van der Waals surface area contributed by atoms with E-state index in [1.807, 2.05) is 149 Å². The number of rotatable bonds is 32. The molecule has 8 aromatic carbocycles. The van der Waals surface area contributed by atoms with Crippen LogP contribution in [-0.4, -0.2) is 112 Å². The van der Waals surface area contributed by atoms with Crippen molar-refractivity contribution in [1.29, 1.82) is 0 Å². The molecule has 644 valence electrons. The third kappa shape index (κ3) is 22.1. The van der Waals surface area contributed by atoms with Crippen LogP contribution < -0.4 is 15.1 Å². The Kier molecular flexibility index (Phi) is 29.6. The fourth-order valence-corrected chi connectivity index (χ4v) is 17.1. The van der Waals surface area contributed by atoms with Gasteiger partial charge >= 0.3 is 5.97 Å². The number of nitro benzene ring substituents is 2. The van der Waals surface area contributed by atoms with Gasteiger partial charge in [0.25, 0.3) is 49.9 Å². The molecule has 2 amide bonds. The Morgan fingerprint density at radius 2 is 0.968 bits per heavy atom. The SMILES string of the molecule is C(/C=C/Nc1ccccc1)=Nc1ccccc1.Cc1ccc2c(c1)C(C)(C)C(/C=C/C=C/C=C1/N(CCCCCC(=O)ON3C(=O)CCC3=O)c3ccc(S(=O)(=O)O)cc3C1(C)C)=[N+]2Cc1ccc([N+](=O)[O-])cc1.Cc1ccc2c(c1)C(C)(C)C(/C=C/C=C/C=C1/N(CCCCCOC=O)c3ccc(S(=O)(=O)O)cc3C1(C)C)=[N+]2Cc1ccc([N+](=O)[O-])cc1. The molecule has 1 fully saturated rings. The minimum absolute atomic E-state index is 0.0315. The predicted octanol–water partition coefficient (Wildman–Crippen LogP) is 19.6. The normalized spacial score (nSPS) is 16.7. The van der Waals surface area contributed by atoms with Crippen molar-refractivity contribution in [2.24, 2.45) is 4.99 Å². The van der Waals surface area contributed by atoms with Crippen LogP contribution in [0, 0.1) is 34.1 Å². The molecule has 0 aromatic heterocycles. The van der Waals surface area contributed by atoms with E-state index in [2.05, 4.69) is 119 Å². The number of carbonyl (C=O) groups is 4. The van der Waals surface area contributed by atoms with Gasteiger partial charge in [-0.15, -0.1) is 5.06 Å². The first-order chi connectivity index (χ1) is 59.0. The van der Waals surface area contributed by atoms with E-state index in [-0.39, 0.29) is 51.3 Å². The lowest BCUT2D eigenvalue weighted by Gasteiger charge is -2.27. The molecule has 5 aliphatic rings. The first-order valence-corrected chi connectivity index (χ1v) is 44.0. The van der Waals surface area contributed by atoms with Crippen molar-refractivity contribution < 1.29 is 73.7 Å². The van der Waals surface area contributed by atoms with Crippen LogP contribution in [-0.2, 0) is 83.7 Å². The Bertz CT molecular complexity index is 5910. The summed E-state index contributed by atoms with van der Waals surface area (Å²) in [5.74, 6) is -1.68. The van der Waals surface area contributed by atoms with Gasteiger partial charge in [0, 0.05) is 155 Å². The Morgan fingerprint density at radius 3 is 1.40 bits per heavy atom. The number of hydrogen-bond donors (Lipinski definition) is 3. The molecule has 13 rings (SSSR count). The Balaban J connectivity index is 0.000000204. The van der Waals surface area contributed by atoms with Gasteiger partial charge in [-0.1, -0.05) is 130 Å². The van der Waals surface area contributed by atoms with Crippen LogP contribution in [0.1, 0.15) is 158 Å². The van der Waals surface area contributed by atoms with Crippen LogP contribution in [0.15, 0.2) is 281 Å². The van der Waals surface area contributed by atoms with E-state index >= 15 is 0 Å². The van der Waals surface area contributed by atoms with Crippen molar-refractivity contribution >= 4 is 108 Å². The molecule has 0 atom stereocenters. The summed E-state index contributed by atoms with van der Waals surface area (Å²) in [5.41, 5.74) is 16.4. The van der Waals surface area contributed by atoms with Crippen LogP contribution in [0.2, 0.25) is 0 Å². The number of nitrogens with one attached hydrogen (secondary N) is 1. The van der Waals surface area contributed by atoms with Crippen LogP contribution in [0.3, 0.4) is 0 Å². The molecule has 124 heavy (non-hydrogen) atoms. The highest BCUT2D eigenvalue weighted by Gasteiger charge is 2.47. The van der Waals surface area contributed by atoms with Crippen molar-refractivity contribution in [3.63, 3.8) is 0 Å². The maximum Gasteiger partial charge on any atom is 0.333 e. The van der Waals surface area contributed by atoms with Crippen molar-refractivity contribution in [2.45, 2.75) is 172 Å². The van der Waals surface area contributed by atoms with Crippen molar-refractivity contribution in [3.05, 3.63) is 331 Å². The second kappa shape index (κ2) is 39.9. The van der Waals surface area contributed by atoms with E-state index in [0.717, 1.165) is 104 Å². The van der Waals surface area contributed by atoms with Gasteiger partial charge in [0.1, 0.15) is 0 Å². The average molecular weight is 1720 g/mol. The number of benzene rings is 8. The number of nitro groups is 2. The molecule has 0 bridgehead atoms. The fourth-order valence-electron chi connectivity index (χ4n) is 16.1. The number of fused-ring (bicyclic) bond motifs is 4. The van der Waals surface area contributed by atoms with E-state index in [1.165, 1.54) is 59.2 Å². The topological polar surface area (TPSA) is 322 Å². The smallest absolute Gasteiger partial charge is 0.333 e. The zero-order chi connectivity index (χ0) is 89.3. The monoisotopic (exact) mass is 1720 g/mol. The number of anilines is 3. The number of ether oxygens (including phenoxy) is 1. The van der Waals surface area contributed by atoms with Crippen molar-refractivity contribution in [3.8, 4) is 0 Å². The zero-order valence-corrected chi connectivity index (χ0v) is 72.9. The summed E-state index contributed by atoms with van der Waals surface area (Å²) in [4.78, 5) is 81.4. The van der Waals surface area contributed by atoms with E-state index in [0.29, 0.717) is 63.6 Å². The number of hydrogen-bond acceptors (Lipinski definition) is 18. The number of imide groups is 1. The molecule has 1 saturated heterocycles. The quantitative estimate of drug-likeness (QED) is 0.00406. The van der Waals surface area contributed by atoms with Crippen molar-refractivity contribution in [2.75, 3.05) is 34.8 Å². The Morgan fingerprint density at radius 1 is 0.524 bits per heavy atom. The molecule has 0 radical (unpaired) electrons. The van der Waals surface area contributed by atoms with Crippen LogP contribution in [0.4, 0.5) is 45.5 Å². The summed E-state index contributed by atoms with van der Waals surface area (Å²) in [6, 6.07) is 55.3. The summed E-state index contributed by atoms with van der Waals surface area (Å²) in [7, 11) is -8.81. The van der Waals surface area contributed by atoms with E-state index in [4.69, 9.17) is 9.57 Å². The number of non-ortho nitro benzene ring substituents is 2. The van der Waals surface area contributed by atoms with Gasteiger partial charge in [0.15, 0.2) is 24.5 Å². The summed E-state index contributed by atoms with van der Waals surface area (Å²) >= 11 is 0. The molecule has 0 spiro atoms. The van der Waals surface area contributed by atoms with Crippen molar-refractivity contribution in [1.82, 2.24) is 5.06 Å².